The van der Waals surface area contributed by atoms with Gasteiger partial charge in [-0.15, -0.1) is 6.58 Å². The monoisotopic (exact) mass is 397 g/mol. The van der Waals surface area contributed by atoms with Crippen molar-refractivity contribution in [2.75, 3.05) is 13.2 Å². The second kappa shape index (κ2) is 9.19. The Morgan fingerprint density at radius 1 is 1.21 bits per heavy atom. The highest BCUT2D eigenvalue weighted by Gasteiger charge is 2.19. The van der Waals surface area contributed by atoms with E-state index in [1.807, 2.05) is 19.1 Å². The van der Waals surface area contributed by atoms with Crippen LogP contribution < -0.4 is 4.74 Å². The molecule has 0 fully saturated rings. The smallest absolute Gasteiger partial charge is 0.254 e. The summed E-state index contributed by atoms with van der Waals surface area (Å²) in [6.07, 6.45) is 1.66. The third kappa shape index (κ3) is 4.78. The highest BCUT2D eigenvalue weighted by molar-refractivity contribution is 6.30. The Bertz CT molecular complexity index is 936. The number of benzene rings is 2. The van der Waals surface area contributed by atoms with Gasteiger partial charge in [-0.25, -0.2) is 0 Å². The number of nitrogens with zero attached hydrogens (tertiary/aromatic N) is 3. The molecule has 2 aromatic carbocycles. The minimum Gasteiger partial charge on any atom is -0.494 e. The van der Waals surface area contributed by atoms with Crippen molar-refractivity contribution < 1.29 is 14.1 Å². The molecular weight excluding hydrogens is 378 g/mol. The summed E-state index contributed by atoms with van der Waals surface area (Å²) in [6.45, 7) is 6.74. The number of carbonyl (C=O) groups excluding carboxylic acids is 1. The molecule has 7 heteroatoms. The highest BCUT2D eigenvalue weighted by Crippen LogP contribution is 2.20. The van der Waals surface area contributed by atoms with Crippen molar-refractivity contribution in [3.05, 3.63) is 77.7 Å². The molecule has 28 heavy (non-hydrogen) atoms. The van der Waals surface area contributed by atoms with E-state index in [0.717, 1.165) is 11.3 Å². The van der Waals surface area contributed by atoms with E-state index in [-0.39, 0.29) is 12.5 Å². The van der Waals surface area contributed by atoms with Crippen LogP contribution in [0.1, 0.15) is 23.2 Å². The van der Waals surface area contributed by atoms with Crippen LogP contribution in [0.3, 0.4) is 0 Å². The fraction of sp³-hybridized carbons (Fsp3) is 0.190. The number of halogens is 1. The number of hydrogen-bond donors (Lipinski definition) is 0. The summed E-state index contributed by atoms with van der Waals surface area (Å²) in [5, 5.41) is 4.61. The lowest BCUT2D eigenvalue weighted by molar-refractivity contribution is 0.0745. The number of amides is 1. The van der Waals surface area contributed by atoms with Crippen molar-refractivity contribution in [1.82, 2.24) is 15.0 Å². The summed E-state index contributed by atoms with van der Waals surface area (Å²) in [4.78, 5) is 18.8. The quantitative estimate of drug-likeness (QED) is 0.519. The maximum atomic E-state index is 12.9. The van der Waals surface area contributed by atoms with Crippen LogP contribution >= 0.6 is 11.6 Å². The van der Waals surface area contributed by atoms with Gasteiger partial charge in [-0.05, 0) is 55.5 Å². The van der Waals surface area contributed by atoms with Crippen molar-refractivity contribution in [3.8, 4) is 17.1 Å². The molecule has 0 bridgehead atoms. The molecule has 0 saturated heterocycles. The average Bonchev–Trinajstić information content (AvgIpc) is 3.17. The van der Waals surface area contributed by atoms with Crippen LogP contribution in [-0.4, -0.2) is 34.1 Å². The van der Waals surface area contributed by atoms with Gasteiger partial charge in [0, 0.05) is 22.7 Å². The minimum absolute atomic E-state index is 0.158. The lowest BCUT2D eigenvalue weighted by Gasteiger charge is -2.19. The van der Waals surface area contributed by atoms with Crippen LogP contribution in [0.25, 0.3) is 11.4 Å². The lowest BCUT2D eigenvalue weighted by Crippen LogP contribution is -2.30. The number of aromatic nitrogens is 2. The SMILES string of the molecule is C=CCN(Cc1nc(-c2ccc(Cl)cc2)no1)C(=O)c1ccc(OCC)cc1. The zero-order valence-electron chi connectivity index (χ0n) is 15.5. The molecule has 0 aliphatic carbocycles. The maximum absolute atomic E-state index is 12.9. The molecular formula is C21H20ClN3O3. The van der Waals surface area contributed by atoms with E-state index in [9.17, 15) is 4.79 Å². The molecule has 3 aromatic rings. The van der Waals surface area contributed by atoms with Gasteiger partial charge < -0.3 is 14.2 Å². The average molecular weight is 398 g/mol. The molecule has 0 aliphatic rings. The Labute approximate surface area is 168 Å². The minimum atomic E-state index is -0.158. The van der Waals surface area contributed by atoms with Crippen molar-refractivity contribution in [1.29, 1.82) is 0 Å². The zero-order valence-corrected chi connectivity index (χ0v) is 16.2. The molecule has 1 aromatic heterocycles. The molecule has 0 aliphatic heterocycles. The molecule has 1 amide bonds. The van der Waals surface area contributed by atoms with Gasteiger partial charge >= 0.3 is 0 Å². The first-order valence-corrected chi connectivity index (χ1v) is 9.20. The summed E-state index contributed by atoms with van der Waals surface area (Å²) in [5.41, 5.74) is 1.33. The number of rotatable bonds is 8. The lowest BCUT2D eigenvalue weighted by atomic mass is 10.2. The third-order valence-electron chi connectivity index (χ3n) is 3.95. The van der Waals surface area contributed by atoms with Crippen molar-refractivity contribution in [2.45, 2.75) is 13.5 Å². The van der Waals surface area contributed by atoms with E-state index >= 15 is 0 Å². The van der Waals surface area contributed by atoms with Gasteiger partial charge in [-0.3, -0.25) is 4.79 Å². The van der Waals surface area contributed by atoms with Crippen LogP contribution in [0.4, 0.5) is 0 Å². The first kappa shape index (κ1) is 19.6. The van der Waals surface area contributed by atoms with E-state index < -0.39 is 0 Å². The molecule has 6 nitrogen and oxygen atoms in total. The maximum Gasteiger partial charge on any atom is 0.254 e. The molecule has 0 spiro atoms. The first-order chi connectivity index (χ1) is 13.6. The molecule has 0 N–H and O–H groups in total. The normalized spacial score (nSPS) is 10.5. The predicted molar refractivity (Wildman–Crippen MR) is 107 cm³/mol. The Balaban J connectivity index is 1.74. The summed E-state index contributed by atoms with van der Waals surface area (Å²) < 4.78 is 10.7. The van der Waals surface area contributed by atoms with Gasteiger partial charge in [0.15, 0.2) is 0 Å². The fourth-order valence-electron chi connectivity index (χ4n) is 2.62. The predicted octanol–water partition coefficient (Wildman–Crippen LogP) is 4.62. The Kier molecular flexibility index (Phi) is 6.45. The topological polar surface area (TPSA) is 68.5 Å². The molecule has 0 atom stereocenters. The third-order valence-corrected chi connectivity index (χ3v) is 4.20. The van der Waals surface area contributed by atoms with E-state index in [1.165, 1.54) is 0 Å². The molecule has 144 valence electrons. The summed E-state index contributed by atoms with van der Waals surface area (Å²) in [5.74, 6) is 1.35. The van der Waals surface area contributed by atoms with E-state index in [4.69, 9.17) is 20.9 Å². The Morgan fingerprint density at radius 2 is 1.93 bits per heavy atom. The van der Waals surface area contributed by atoms with Gasteiger partial charge in [-0.1, -0.05) is 22.8 Å². The van der Waals surface area contributed by atoms with Gasteiger partial charge in [0.2, 0.25) is 11.7 Å². The van der Waals surface area contributed by atoms with Crippen LogP contribution in [-0.2, 0) is 6.54 Å². The number of carbonyl (C=O) groups is 1. The Hall–Kier alpha value is -3.12. The zero-order chi connectivity index (χ0) is 19.9. The molecule has 3 rings (SSSR count). The molecule has 0 radical (unpaired) electrons. The second-order valence-corrected chi connectivity index (χ2v) is 6.39. The standard InChI is InChI=1S/C21H20ClN3O3/c1-3-13-25(21(26)16-7-11-18(12-8-16)27-4-2)14-19-23-20(24-28-19)15-5-9-17(22)10-6-15/h3,5-12H,1,4,13-14H2,2H3. The number of ether oxygens (including phenoxy) is 1. The van der Waals surface area contributed by atoms with Gasteiger partial charge in [0.25, 0.3) is 5.91 Å². The summed E-state index contributed by atoms with van der Waals surface area (Å²) >= 11 is 5.90. The Morgan fingerprint density at radius 3 is 2.57 bits per heavy atom. The largest absolute Gasteiger partial charge is 0.494 e. The molecule has 1 heterocycles. The van der Waals surface area contributed by atoms with E-state index in [2.05, 4.69) is 16.7 Å². The van der Waals surface area contributed by atoms with Crippen molar-refractivity contribution >= 4 is 17.5 Å². The number of hydrogen-bond acceptors (Lipinski definition) is 5. The van der Waals surface area contributed by atoms with Crippen molar-refractivity contribution in [2.24, 2.45) is 0 Å². The summed E-state index contributed by atoms with van der Waals surface area (Å²) in [7, 11) is 0. The van der Waals surface area contributed by atoms with Gasteiger partial charge in [-0.2, -0.15) is 4.98 Å². The van der Waals surface area contributed by atoms with Crippen molar-refractivity contribution in [3.63, 3.8) is 0 Å². The molecule has 0 unspecified atom stereocenters. The molecule has 0 saturated carbocycles. The van der Waals surface area contributed by atoms with E-state index in [0.29, 0.717) is 35.5 Å². The van der Waals surface area contributed by atoms with Crippen LogP contribution in [0, 0.1) is 0 Å². The van der Waals surface area contributed by atoms with E-state index in [1.54, 1.807) is 47.4 Å². The van der Waals surface area contributed by atoms with Crippen LogP contribution in [0.2, 0.25) is 5.02 Å². The van der Waals surface area contributed by atoms with Gasteiger partial charge in [0.05, 0.1) is 6.61 Å². The highest BCUT2D eigenvalue weighted by atomic mass is 35.5. The summed E-state index contributed by atoms with van der Waals surface area (Å²) in [6, 6.07) is 14.1. The van der Waals surface area contributed by atoms with Crippen LogP contribution in [0.15, 0.2) is 65.7 Å². The first-order valence-electron chi connectivity index (χ1n) is 8.82. The van der Waals surface area contributed by atoms with Gasteiger partial charge in [0.1, 0.15) is 12.3 Å². The van der Waals surface area contributed by atoms with Crippen LogP contribution in [0.5, 0.6) is 5.75 Å². The fourth-order valence-corrected chi connectivity index (χ4v) is 2.74. The second-order valence-electron chi connectivity index (χ2n) is 5.95.